The Hall–Kier alpha value is -1.95. The molecular formula is C27H33Cl3N2O3. The van der Waals surface area contributed by atoms with Crippen molar-refractivity contribution in [3.8, 4) is 5.75 Å². The molecule has 5 nitrogen and oxygen atoms in total. The van der Waals surface area contributed by atoms with Crippen LogP contribution < -0.4 is 10.1 Å². The Labute approximate surface area is 223 Å². The van der Waals surface area contributed by atoms with Crippen molar-refractivity contribution in [3.63, 3.8) is 0 Å². The van der Waals surface area contributed by atoms with E-state index in [2.05, 4.69) is 5.32 Å². The first-order valence-electron chi connectivity index (χ1n) is 12.1. The second kappa shape index (κ2) is 12.8. The summed E-state index contributed by atoms with van der Waals surface area (Å²) in [6.45, 7) is 5.71. The van der Waals surface area contributed by atoms with Crippen LogP contribution in [0.2, 0.25) is 15.1 Å². The molecule has 0 aliphatic heterocycles. The van der Waals surface area contributed by atoms with E-state index in [1.807, 2.05) is 26.8 Å². The summed E-state index contributed by atoms with van der Waals surface area (Å²) in [4.78, 5) is 28.3. The number of amides is 2. The topological polar surface area (TPSA) is 58.6 Å². The zero-order valence-corrected chi connectivity index (χ0v) is 22.8. The van der Waals surface area contributed by atoms with Gasteiger partial charge in [-0.05, 0) is 74.1 Å². The molecule has 2 aromatic carbocycles. The monoisotopic (exact) mass is 538 g/mol. The van der Waals surface area contributed by atoms with Gasteiger partial charge in [0, 0.05) is 17.6 Å². The first-order valence-corrected chi connectivity index (χ1v) is 13.3. The third-order valence-corrected chi connectivity index (χ3v) is 7.78. The molecule has 0 aromatic heterocycles. The highest BCUT2D eigenvalue weighted by atomic mass is 35.5. The number of carbonyl (C=O) groups excluding carboxylic acids is 2. The molecule has 1 saturated carbocycles. The van der Waals surface area contributed by atoms with Gasteiger partial charge in [0.2, 0.25) is 5.91 Å². The molecule has 1 atom stereocenters. The number of benzene rings is 2. The SMILES string of the molecule is CCC(C(=O)NC1CCCCC1)N(Cc1ccc(Cl)c(Cl)c1)C(=O)COc1cc(C)c(Cl)c(C)c1. The molecule has 8 heteroatoms. The van der Waals surface area contributed by atoms with Crippen LogP contribution in [0.5, 0.6) is 5.75 Å². The smallest absolute Gasteiger partial charge is 0.261 e. The summed E-state index contributed by atoms with van der Waals surface area (Å²) >= 11 is 18.5. The fraction of sp³-hybridized carbons (Fsp3) is 0.481. The van der Waals surface area contributed by atoms with E-state index in [-0.39, 0.29) is 31.0 Å². The van der Waals surface area contributed by atoms with E-state index in [1.165, 1.54) is 6.42 Å². The van der Waals surface area contributed by atoms with E-state index >= 15 is 0 Å². The molecular weight excluding hydrogens is 507 g/mol. The number of ether oxygens (including phenoxy) is 1. The van der Waals surface area contributed by atoms with Gasteiger partial charge in [0.25, 0.3) is 5.91 Å². The Morgan fingerprint density at radius 2 is 1.69 bits per heavy atom. The van der Waals surface area contributed by atoms with Crippen LogP contribution in [0.15, 0.2) is 30.3 Å². The van der Waals surface area contributed by atoms with E-state index < -0.39 is 6.04 Å². The number of aryl methyl sites for hydroxylation is 2. The summed E-state index contributed by atoms with van der Waals surface area (Å²) in [7, 11) is 0. The Kier molecular flexibility index (Phi) is 10.1. The molecule has 0 bridgehead atoms. The highest BCUT2D eigenvalue weighted by Crippen LogP contribution is 2.27. The molecule has 1 aliphatic rings. The van der Waals surface area contributed by atoms with E-state index in [4.69, 9.17) is 39.5 Å². The van der Waals surface area contributed by atoms with E-state index in [9.17, 15) is 9.59 Å². The zero-order chi connectivity index (χ0) is 25.5. The van der Waals surface area contributed by atoms with Gasteiger partial charge < -0.3 is 15.0 Å². The lowest BCUT2D eigenvalue weighted by Gasteiger charge is -2.32. The minimum atomic E-state index is -0.629. The quantitative estimate of drug-likeness (QED) is 0.377. The summed E-state index contributed by atoms with van der Waals surface area (Å²) in [5.41, 5.74) is 2.54. The second-order valence-electron chi connectivity index (χ2n) is 9.20. The third kappa shape index (κ3) is 7.52. The summed E-state index contributed by atoms with van der Waals surface area (Å²) in [5, 5.41) is 4.69. The molecule has 2 aromatic rings. The van der Waals surface area contributed by atoms with Crippen molar-refractivity contribution in [1.29, 1.82) is 0 Å². The third-order valence-electron chi connectivity index (χ3n) is 6.45. The molecule has 35 heavy (non-hydrogen) atoms. The van der Waals surface area contributed by atoms with Crippen molar-refractivity contribution < 1.29 is 14.3 Å². The van der Waals surface area contributed by atoms with Crippen LogP contribution in [0.4, 0.5) is 0 Å². The minimum absolute atomic E-state index is 0.133. The van der Waals surface area contributed by atoms with Gasteiger partial charge in [-0.3, -0.25) is 9.59 Å². The Morgan fingerprint density at radius 1 is 1.03 bits per heavy atom. The highest BCUT2D eigenvalue weighted by Gasteiger charge is 2.30. The summed E-state index contributed by atoms with van der Waals surface area (Å²) in [6.07, 6.45) is 5.85. The first-order chi connectivity index (χ1) is 16.7. The van der Waals surface area contributed by atoms with Crippen molar-refractivity contribution in [1.82, 2.24) is 10.2 Å². The molecule has 0 heterocycles. The molecule has 0 radical (unpaired) electrons. The Morgan fingerprint density at radius 3 is 2.29 bits per heavy atom. The molecule has 1 fully saturated rings. The average molecular weight is 540 g/mol. The summed E-state index contributed by atoms with van der Waals surface area (Å²) in [6, 6.07) is 8.37. The number of rotatable bonds is 9. The maximum atomic E-state index is 13.4. The molecule has 3 rings (SSSR count). The predicted octanol–water partition coefficient (Wildman–Crippen LogP) is 6.90. The number of nitrogens with one attached hydrogen (secondary N) is 1. The average Bonchev–Trinajstić information content (AvgIpc) is 2.83. The van der Waals surface area contributed by atoms with Crippen molar-refractivity contribution in [2.45, 2.75) is 77.9 Å². The summed E-state index contributed by atoms with van der Waals surface area (Å²) < 4.78 is 5.84. The van der Waals surface area contributed by atoms with Crippen LogP contribution in [-0.2, 0) is 16.1 Å². The molecule has 2 amide bonds. The molecule has 190 valence electrons. The van der Waals surface area contributed by atoms with Gasteiger partial charge in [-0.2, -0.15) is 0 Å². The van der Waals surface area contributed by atoms with E-state index in [0.29, 0.717) is 27.2 Å². The van der Waals surface area contributed by atoms with Crippen LogP contribution >= 0.6 is 34.8 Å². The van der Waals surface area contributed by atoms with Crippen molar-refractivity contribution >= 4 is 46.6 Å². The molecule has 0 saturated heterocycles. The van der Waals surface area contributed by atoms with Crippen LogP contribution in [0.25, 0.3) is 0 Å². The van der Waals surface area contributed by atoms with Crippen LogP contribution in [0.3, 0.4) is 0 Å². The van der Waals surface area contributed by atoms with Gasteiger partial charge in [0.05, 0.1) is 10.0 Å². The second-order valence-corrected chi connectivity index (χ2v) is 10.4. The minimum Gasteiger partial charge on any atom is -0.484 e. The standard InChI is InChI=1S/C27H33Cl3N2O3/c1-4-24(27(34)31-20-8-6-5-7-9-20)32(15-19-10-11-22(28)23(29)14-19)25(33)16-35-21-12-17(2)26(30)18(3)13-21/h10-14,20,24H,4-9,15-16H2,1-3H3,(H,31,34). The normalized spacial score (nSPS) is 14.9. The van der Waals surface area contributed by atoms with Crippen molar-refractivity contribution in [3.05, 3.63) is 62.1 Å². The lowest BCUT2D eigenvalue weighted by molar-refractivity contribution is -0.143. The van der Waals surface area contributed by atoms with Gasteiger partial charge in [-0.15, -0.1) is 0 Å². The number of carbonyl (C=O) groups is 2. The Balaban J connectivity index is 1.80. The number of halogens is 3. The van der Waals surface area contributed by atoms with E-state index in [1.54, 1.807) is 29.2 Å². The Bertz CT molecular complexity index is 1030. The fourth-order valence-corrected chi connectivity index (χ4v) is 4.95. The van der Waals surface area contributed by atoms with E-state index in [0.717, 1.165) is 42.4 Å². The molecule has 1 N–H and O–H groups in total. The van der Waals surface area contributed by atoms with Crippen molar-refractivity contribution in [2.75, 3.05) is 6.61 Å². The molecule has 1 unspecified atom stereocenters. The van der Waals surface area contributed by atoms with Crippen LogP contribution in [-0.4, -0.2) is 35.4 Å². The predicted molar refractivity (Wildman–Crippen MR) is 143 cm³/mol. The van der Waals surface area contributed by atoms with Gasteiger partial charge in [0.15, 0.2) is 6.61 Å². The first kappa shape index (κ1) is 27.6. The fourth-order valence-electron chi connectivity index (χ4n) is 4.52. The maximum Gasteiger partial charge on any atom is 0.261 e. The lowest BCUT2D eigenvalue weighted by Crippen LogP contribution is -2.52. The van der Waals surface area contributed by atoms with Crippen LogP contribution in [0.1, 0.15) is 62.1 Å². The lowest BCUT2D eigenvalue weighted by atomic mass is 9.95. The van der Waals surface area contributed by atoms with Gasteiger partial charge in [0.1, 0.15) is 11.8 Å². The molecule has 1 aliphatic carbocycles. The number of hydrogen-bond donors (Lipinski definition) is 1. The number of nitrogens with zero attached hydrogens (tertiary/aromatic N) is 1. The van der Waals surface area contributed by atoms with Crippen LogP contribution in [0, 0.1) is 13.8 Å². The van der Waals surface area contributed by atoms with Gasteiger partial charge in [-0.25, -0.2) is 0 Å². The highest BCUT2D eigenvalue weighted by molar-refractivity contribution is 6.42. The maximum absolute atomic E-state index is 13.4. The van der Waals surface area contributed by atoms with Gasteiger partial charge in [-0.1, -0.05) is 67.1 Å². The summed E-state index contributed by atoms with van der Waals surface area (Å²) in [5.74, 6) is 0.143. The number of hydrogen-bond acceptors (Lipinski definition) is 3. The molecule has 0 spiro atoms. The van der Waals surface area contributed by atoms with Crippen molar-refractivity contribution in [2.24, 2.45) is 0 Å². The van der Waals surface area contributed by atoms with Gasteiger partial charge >= 0.3 is 0 Å². The zero-order valence-electron chi connectivity index (χ0n) is 20.5. The largest absolute Gasteiger partial charge is 0.484 e.